The summed E-state index contributed by atoms with van der Waals surface area (Å²) < 4.78 is 36.9. The lowest BCUT2D eigenvalue weighted by Crippen LogP contribution is -2.00. The average Bonchev–Trinajstić information content (AvgIpc) is 3.10. The highest BCUT2D eigenvalue weighted by Gasteiger charge is 2.28. The van der Waals surface area contributed by atoms with Gasteiger partial charge in [-0.05, 0) is 17.0 Å². The molecule has 5 heteroatoms. The minimum atomic E-state index is -4.19. The van der Waals surface area contributed by atoms with Crippen molar-refractivity contribution >= 4 is 20.9 Å². The average molecular weight is 250 g/mol. The van der Waals surface area contributed by atoms with E-state index in [1.165, 1.54) is 6.07 Å². The van der Waals surface area contributed by atoms with Crippen molar-refractivity contribution in [3.05, 3.63) is 42.0 Å². The van der Waals surface area contributed by atoms with E-state index in [1.807, 2.05) is 12.1 Å². The first-order chi connectivity index (χ1) is 8.07. The number of hydrogen-bond acceptors (Lipinski definition) is 3. The summed E-state index contributed by atoms with van der Waals surface area (Å²) in [6.45, 7) is 0.662. The van der Waals surface area contributed by atoms with Crippen LogP contribution in [0.5, 0.6) is 0 Å². The Hall–Kier alpha value is -1.43. The largest absolute Gasteiger partial charge is 0.368 e. The van der Waals surface area contributed by atoms with E-state index in [-0.39, 0.29) is 11.0 Å². The van der Waals surface area contributed by atoms with Gasteiger partial charge in [-0.3, -0.25) is 4.55 Å². The van der Waals surface area contributed by atoms with E-state index < -0.39 is 10.1 Å². The molecule has 2 aromatic rings. The van der Waals surface area contributed by atoms with Gasteiger partial charge in [0.25, 0.3) is 10.1 Å². The Morgan fingerprint density at radius 1 is 1.12 bits per heavy atom. The summed E-state index contributed by atoms with van der Waals surface area (Å²) in [5.41, 5.74) is 0.966. The van der Waals surface area contributed by atoms with Gasteiger partial charge in [-0.2, -0.15) is 8.42 Å². The fraction of sp³-hybridized carbons (Fsp3) is 0.167. The van der Waals surface area contributed by atoms with Gasteiger partial charge in [-0.15, -0.1) is 0 Å². The highest BCUT2D eigenvalue weighted by Crippen LogP contribution is 2.36. The predicted molar refractivity (Wildman–Crippen MR) is 62.5 cm³/mol. The molecule has 1 saturated heterocycles. The fourth-order valence-corrected chi connectivity index (χ4v) is 2.72. The predicted octanol–water partition coefficient (Wildman–Crippen LogP) is 2.16. The molecule has 0 saturated carbocycles. The molecule has 17 heavy (non-hydrogen) atoms. The molecule has 1 aliphatic rings. The zero-order chi connectivity index (χ0) is 12.0. The maximum atomic E-state index is 11.3. The Morgan fingerprint density at radius 3 is 2.35 bits per heavy atom. The van der Waals surface area contributed by atoms with Crippen LogP contribution in [0.25, 0.3) is 10.8 Å². The molecule has 2 aromatic carbocycles. The van der Waals surface area contributed by atoms with Crippen LogP contribution >= 0.6 is 0 Å². The van der Waals surface area contributed by atoms with Crippen molar-refractivity contribution < 1.29 is 17.7 Å². The van der Waals surface area contributed by atoms with Crippen LogP contribution in [0.1, 0.15) is 11.7 Å². The molecule has 1 aliphatic heterocycles. The van der Waals surface area contributed by atoms with Gasteiger partial charge in [-0.25, -0.2) is 0 Å². The van der Waals surface area contributed by atoms with Crippen LogP contribution in [0.2, 0.25) is 0 Å². The second kappa shape index (κ2) is 3.53. The third kappa shape index (κ3) is 1.82. The lowest BCUT2D eigenvalue weighted by atomic mass is 10.0. The van der Waals surface area contributed by atoms with Gasteiger partial charge in [-0.1, -0.05) is 30.3 Å². The first-order valence-electron chi connectivity index (χ1n) is 5.18. The highest BCUT2D eigenvalue weighted by atomic mass is 32.2. The van der Waals surface area contributed by atoms with Crippen LogP contribution in [0.3, 0.4) is 0 Å². The van der Waals surface area contributed by atoms with E-state index in [1.54, 1.807) is 18.2 Å². The molecule has 1 unspecified atom stereocenters. The lowest BCUT2D eigenvalue weighted by Gasteiger charge is -2.07. The molecule has 1 heterocycles. The minimum absolute atomic E-state index is 0.0512. The van der Waals surface area contributed by atoms with Gasteiger partial charge >= 0.3 is 0 Å². The van der Waals surface area contributed by atoms with Crippen LogP contribution in [-0.2, 0) is 14.9 Å². The number of hydrogen-bond donors (Lipinski definition) is 1. The Kier molecular flexibility index (Phi) is 2.22. The zero-order valence-corrected chi connectivity index (χ0v) is 9.65. The fourth-order valence-electron chi connectivity index (χ4n) is 2.03. The van der Waals surface area contributed by atoms with E-state index in [2.05, 4.69) is 0 Å². The summed E-state index contributed by atoms with van der Waals surface area (Å²) >= 11 is 0. The van der Waals surface area contributed by atoms with Crippen LogP contribution in [0, 0.1) is 0 Å². The van der Waals surface area contributed by atoms with Crippen LogP contribution < -0.4 is 0 Å². The molecule has 1 N–H and O–H groups in total. The number of benzene rings is 2. The molecule has 0 spiro atoms. The molecule has 1 fully saturated rings. The second-order valence-corrected chi connectivity index (χ2v) is 5.39. The third-order valence-corrected chi connectivity index (χ3v) is 3.79. The van der Waals surface area contributed by atoms with Gasteiger partial charge in [0.2, 0.25) is 0 Å². The van der Waals surface area contributed by atoms with Crippen molar-refractivity contribution in [1.82, 2.24) is 0 Å². The molecular formula is C12H10O4S. The molecule has 88 valence electrons. The first kappa shape index (κ1) is 10.7. The topological polar surface area (TPSA) is 66.9 Å². The number of fused-ring (bicyclic) bond motifs is 1. The summed E-state index contributed by atoms with van der Waals surface area (Å²) in [4.78, 5) is -0.0579. The van der Waals surface area contributed by atoms with Gasteiger partial charge < -0.3 is 4.74 Å². The van der Waals surface area contributed by atoms with E-state index in [9.17, 15) is 13.0 Å². The standard InChI is InChI=1S/C12H10O4S/c13-17(14,15)12-6-5-9(11-7-16-11)8-3-1-2-4-10(8)12/h1-6,11H,7H2,(H,13,14,15). The molecule has 0 amide bonds. The molecule has 0 bridgehead atoms. The van der Waals surface area contributed by atoms with Gasteiger partial charge in [0.15, 0.2) is 0 Å². The van der Waals surface area contributed by atoms with Crippen molar-refractivity contribution in [2.45, 2.75) is 11.0 Å². The van der Waals surface area contributed by atoms with E-state index in [0.717, 1.165) is 10.9 Å². The molecule has 1 atom stereocenters. The Labute approximate surface area is 98.6 Å². The summed E-state index contributed by atoms with van der Waals surface area (Å²) in [6.07, 6.45) is 0.0512. The number of epoxide rings is 1. The number of rotatable bonds is 2. The van der Waals surface area contributed by atoms with Crippen LogP contribution in [-0.4, -0.2) is 19.6 Å². The highest BCUT2D eigenvalue weighted by molar-refractivity contribution is 7.86. The van der Waals surface area contributed by atoms with Crippen LogP contribution in [0.4, 0.5) is 0 Å². The summed E-state index contributed by atoms with van der Waals surface area (Å²) in [5.74, 6) is 0. The van der Waals surface area contributed by atoms with Crippen molar-refractivity contribution in [3.63, 3.8) is 0 Å². The second-order valence-electron chi connectivity index (χ2n) is 4.00. The van der Waals surface area contributed by atoms with Crippen LogP contribution in [0.15, 0.2) is 41.3 Å². The summed E-state index contributed by atoms with van der Waals surface area (Å²) in [6, 6.07) is 10.2. The van der Waals surface area contributed by atoms with Crippen molar-refractivity contribution in [3.8, 4) is 0 Å². The minimum Gasteiger partial charge on any atom is -0.368 e. The summed E-state index contributed by atoms with van der Waals surface area (Å²) in [7, 11) is -4.19. The van der Waals surface area contributed by atoms with E-state index >= 15 is 0 Å². The zero-order valence-electron chi connectivity index (χ0n) is 8.83. The summed E-state index contributed by atoms with van der Waals surface area (Å²) in [5, 5.41) is 1.34. The maximum Gasteiger partial charge on any atom is 0.295 e. The SMILES string of the molecule is O=S(=O)(O)c1ccc(C2CO2)c2ccccc12. The smallest absolute Gasteiger partial charge is 0.295 e. The lowest BCUT2D eigenvalue weighted by molar-refractivity contribution is 0.417. The Balaban J connectivity index is 2.38. The molecular weight excluding hydrogens is 240 g/mol. The van der Waals surface area contributed by atoms with Crippen molar-refractivity contribution in [2.24, 2.45) is 0 Å². The van der Waals surface area contributed by atoms with Gasteiger partial charge in [0.1, 0.15) is 11.0 Å². The molecule has 0 aliphatic carbocycles. The van der Waals surface area contributed by atoms with Crippen molar-refractivity contribution in [1.29, 1.82) is 0 Å². The normalized spacial score (nSPS) is 19.5. The van der Waals surface area contributed by atoms with E-state index in [0.29, 0.717) is 12.0 Å². The monoisotopic (exact) mass is 250 g/mol. The maximum absolute atomic E-state index is 11.3. The first-order valence-corrected chi connectivity index (χ1v) is 6.62. The molecule has 0 aromatic heterocycles. The van der Waals surface area contributed by atoms with E-state index in [4.69, 9.17) is 4.74 Å². The van der Waals surface area contributed by atoms with Gasteiger partial charge in [0.05, 0.1) is 6.61 Å². The molecule has 0 radical (unpaired) electrons. The number of ether oxygens (including phenoxy) is 1. The Bertz CT molecular complexity index is 687. The quantitative estimate of drug-likeness (QED) is 0.655. The Morgan fingerprint density at radius 2 is 1.76 bits per heavy atom. The van der Waals surface area contributed by atoms with Crippen molar-refractivity contribution in [2.75, 3.05) is 6.61 Å². The molecule has 3 rings (SSSR count). The third-order valence-electron chi connectivity index (χ3n) is 2.88. The molecule has 4 nitrogen and oxygen atoms in total. The van der Waals surface area contributed by atoms with Gasteiger partial charge in [0, 0.05) is 5.39 Å².